The van der Waals surface area contributed by atoms with Crippen molar-refractivity contribution in [3.8, 4) is 0 Å². The van der Waals surface area contributed by atoms with Gasteiger partial charge in [0, 0.05) is 6.08 Å². The highest BCUT2D eigenvalue weighted by molar-refractivity contribution is 6.74. The molecule has 0 spiro atoms. The van der Waals surface area contributed by atoms with Gasteiger partial charge in [-0.05, 0) is 68.0 Å². The summed E-state index contributed by atoms with van der Waals surface area (Å²) < 4.78 is 31.9. The summed E-state index contributed by atoms with van der Waals surface area (Å²) in [4.78, 5) is 11.4. The zero-order chi connectivity index (χ0) is 25.5. The Labute approximate surface area is 209 Å². The topological polar surface area (TPSA) is 63.2 Å². The first-order valence-electron chi connectivity index (χ1n) is 13.0. The summed E-state index contributed by atoms with van der Waals surface area (Å²) in [6.45, 7) is 23.4. The lowest BCUT2D eigenvalue weighted by Crippen LogP contribution is -2.51. The largest absolute Gasteiger partial charge is 0.452 e. The highest BCUT2D eigenvalue weighted by Gasteiger charge is 2.47. The minimum absolute atomic E-state index is 0.00995. The lowest BCUT2D eigenvalue weighted by atomic mass is 10.0. The molecule has 3 rings (SSSR count). The van der Waals surface area contributed by atoms with Crippen LogP contribution in [0.15, 0.2) is 12.2 Å². The monoisotopic (exact) mass is 512 g/mol. The molecule has 2 saturated heterocycles. The lowest BCUT2D eigenvalue weighted by Gasteiger charge is -2.43. The highest BCUT2D eigenvalue weighted by Crippen LogP contribution is 2.41. The first-order valence-corrected chi connectivity index (χ1v) is 18.8. The molecule has 0 aromatic rings. The molecule has 0 radical (unpaired) electrons. The van der Waals surface area contributed by atoms with Crippen LogP contribution in [-0.2, 0) is 27.9 Å². The van der Waals surface area contributed by atoms with Crippen LogP contribution in [0.4, 0.5) is 0 Å². The van der Waals surface area contributed by atoms with Gasteiger partial charge in [-0.2, -0.15) is 0 Å². The summed E-state index contributed by atoms with van der Waals surface area (Å²) >= 11 is 0. The first kappa shape index (κ1) is 28.1. The van der Waals surface area contributed by atoms with E-state index in [0.717, 1.165) is 25.7 Å². The zero-order valence-corrected chi connectivity index (χ0v) is 25.1. The molecular formula is C26H48O6Si2. The molecular weight excluding hydrogens is 464 g/mol. The van der Waals surface area contributed by atoms with Crippen LogP contribution in [0.5, 0.6) is 0 Å². The fraction of sp³-hybridized carbons (Fsp3) is 0.885. The van der Waals surface area contributed by atoms with Crippen molar-refractivity contribution < 1.29 is 27.9 Å². The number of hydrogen-bond donors (Lipinski definition) is 0. The maximum atomic E-state index is 11.4. The second kappa shape index (κ2) is 10.1. The van der Waals surface area contributed by atoms with Gasteiger partial charge in [-0.1, -0.05) is 41.5 Å². The van der Waals surface area contributed by atoms with Crippen LogP contribution in [-0.4, -0.2) is 65.8 Å². The van der Waals surface area contributed by atoms with Gasteiger partial charge in [0.05, 0.1) is 37.1 Å². The molecule has 0 saturated carbocycles. The smallest absolute Gasteiger partial charge is 0.331 e. The van der Waals surface area contributed by atoms with Gasteiger partial charge in [-0.3, -0.25) is 0 Å². The molecule has 6 atom stereocenters. The van der Waals surface area contributed by atoms with Gasteiger partial charge in [0.1, 0.15) is 6.10 Å². The average Bonchev–Trinajstić information content (AvgIpc) is 3.42. The Morgan fingerprint density at radius 1 is 0.882 bits per heavy atom. The molecule has 34 heavy (non-hydrogen) atoms. The van der Waals surface area contributed by atoms with Crippen LogP contribution >= 0.6 is 0 Å². The van der Waals surface area contributed by atoms with Gasteiger partial charge in [0.15, 0.2) is 16.6 Å². The third-order valence-corrected chi connectivity index (χ3v) is 17.7. The first-order chi connectivity index (χ1) is 15.5. The van der Waals surface area contributed by atoms with Crippen LogP contribution in [0.1, 0.15) is 67.2 Å². The Bertz CT molecular complexity index is 751. The molecule has 3 aliphatic heterocycles. The molecule has 3 heterocycles. The van der Waals surface area contributed by atoms with Gasteiger partial charge in [0.2, 0.25) is 0 Å². The zero-order valence-electron chi connectivity index (χ0n) is 23.1. The summed E-state index contributed by atoms with van der Waals surface area (Å²) in [7, 11) is -3.90. The molecule has 0 aromatic heterocycles. The minimum atomic E-state index is -2.00. The molecule has 6 nitrogen and oxygen atoms in total. The van der Waals surface area contributed by atoms with Crippen molar-refractivity contribution in [1.82, 2.24) is 0 Å². The van der Waals surface area contributed by atoms with E-state index in [-0.39, 0.29) is 52.7 Å². The molecule has 0 aromatic carbocycles. The number of carbonyl (C=O) groups excluding carboxylic acids is 1. The third kappa shape index (κ3) is 6.42. The van der Waals surface area contributed by atoms with Crippen molar-refractivity contribution in [2.24, 2.45) is 0 Å². The van der Waals surface area contributed by atoms with E-state index < -0.39 is 16.6 Å². The van der Waals surface area contributed by atoms with E-state index in [9.17, 15) is 4.79 Å². The van der Waals surface area contributed by atoms with Crippen LogP contribution in [0, 0.1) is 0 Å². The van der Waals surface area contributed by atoms with Crippen molar-refractivity contribution in [2.45, 2.75) is 140 Å². The second-order valence-electron chi connectivity index (χ2n) is 13.3. The number of rotatable bonds is 8. The fourth-order valence-electron chi connectivity index (χ4n) is 4.31. The molecule has 0 N–H and O–H groups in total. The van der Waals surface area contributed by atoms with E-state index in [4.69, 9.17) is 23.1 Å². The number of esters is 1. The van der Waals surface area contributed by atoms with Crippen molar-refractivity contribution in [3.63, 3.8) is 0 Å². The van der Waals surface area contributed by atoms with Crippen molar-refractivity contribution in [3.05, 3.63) is 12.2 Å². The van der Waals surface area contributed by atoms with E-state index in [1.807, 2.05) is 6.08 Å². The van der Waals surface area contributed by atoms with Crippen molar-refractivity contribution in [1.29, 1.82) is 0 Å². The van der Waals surface area contributed by atoms with Crippen LogP contribution in [0.3, 0.4) is 0 Å². The summed E-state index contributed by atoms with van der Waals surface area (Å²) in [6.07, 6.45) is 6.73. The Morgan fingerprint density at radius 2 is 1.44 bits per heavy atom. The SMILES string of the molecule is CC(C)(C)[Si](C)(C)OC[C@@H](O[Si](C)(C)C(C)(C)C)[C@H]1CC[C@H]([C@@H]2CC[C@@H]([C@H]3C=CC(=O)O3)O2)O1. The fourth-order valence-corrected chi connectivity index (χ4v) is 6.65. The molecule has 0 aliphatic carbocycles. The number of hydrogen-bond acceptors (Lipinski definition) is 6. The Balaban J connectivity index is 1.65. The number of cyclic esters (lactones) is 1. The number of carbonyl (C=O) groups is 1. The van der Waals surface area contributed by atoms with Crippen molar-refractivity contribution >= 4 is 22.6 Å². The molecule has 0 unspecified atom stereocenters. The van der Waals surface area contributed by atoms with E-state index in [2.05, 4.69) is 67.7 Å². The molecule has 0 amide bonds. The predicted molar refractivity (Wildman–Crippen MR) is 140 cm³/mol. The van der Waals surface area contributed by atoms with Gasteiger partial charge in [-0.25, -0.2) is 4.79 Å². The summed E-state index contributed by atoms with van der Waals surface area (Å²) in [5.41, 5.74) is 0. The maximum Gasteiger partial charge on any atom is 0.331 e. The highest BCUT2D eigenvalue weighted by atomic mass is 28.4. The molecule has 8 heteroatoms. The minimum Gasteiger partial charge on any atom is -0.452 e. The van der Waals surface area contributed by atoms with E-state index >= 15 is 0 Å². The lowest BCUT2D eigenvalue weighted by molar-refractivity contribution is -0.147. The summed E-state index contributed by atoms with van der Waals surface area (Å²) in [6, 6.07) is 0. The Morgan fingerprint density at radius 3 is 2.00 bits per heavy atom. The van der Waals surface area contributed by atoms with Crippen LogP contribution in [0.2, 0.25) is 36.3 Å². The van der Waals surface area contributed by atoms with Gasteiger partial charge < -0.3 is 23.1 Å². The van der Waals surface area contributed by atoms with Crippen molar-refractivity contribution in [2.75, 3.05) is 6.61 Å². The predicted octanol–water partition coefficient (Wildman–Crippen LogP) is 5.98. The molecule has 0 bridgehead atoms. The molecule has 3 aliphatic rings. The van der Waals surface area contributed by atoms with Crippen LogP contribution < -0.4 is 0 Å². The summed E-state index contributed by atoms with van der Waals surface area (Å²) in [5.74, 6) is -0.276. The number of ether oxygens (including phenoxy) is 3. The average molecular weight is 513 g/mol. The normalized spacial score (nSPS) is 31.8. The maximum absolute atomic E-state index is 11.4. The second-order valence-corrected chi connectivity index (χ2v) is 22.9. The molecule has 2 fully saturated rings. The Kier molecular flexibility index (Phi) is 8.33. The quantitative estimate of drug-likeness (QED) is 0.295. The van der Waals surface area contributed by atoms with Crippen LogP contribution in [0.25, 0.3) is 0 Å². The van der Waals surface area contributed by atoms with E-state index in [1.54, 1.807) is 0 Å². The van der Waals surface area contributed by atoms with E-state index in [1.165, 1.54) is 6.08 Å². The van der Waals surface area contributed by atoms with Gasteiger partial charge >= 0.3 is 5.97 Å². The van der Waals surface area contributed by atoms with Gasteiger partial charge in [0.25, 0.3) is 0 Å². The van der Waals surface area contributed by atoms with Gasteiger partial charge in [-0.15, -0.1) is 0 Å². The third-order valence-electron chi connectivity index (χ3n) is 8.71. The van der Waals surface area contributed by atoms with E-state index in [0.29, 0.717) is 6.61 Å². The molecule has 196 valence electrons. The standard InChI is InChI=1S/C26H48O6Si2/c1-25(2,3)33(7,8)28-17-23(32-34(9,10)26(4,5)6)22-14-13-19(30-22)18-11-12-20(29-18)21-15-16-24(27)31-21/h15-16,18-23H,11-14,17H2,1-10H3/t18-,19+,20-,21+,22+,23+/m0/s1. The summed E-state index contributed by atoms with van der Waals surface area (Å²) in [5, 5.41) is 0.271. The Hall–Kier alpha value is -0.516.